The van der Waals surface area contributed by atoms with Crippen molar-refractivity contribution in [2.45, 2.75) is 25.8 Å². The van der Waals surface area contributed by atoms with E-state index in [-0.39, 0.29) is 18.0 Å². The summed E-state index contributed by atoms with van der Waals surface area (Å²) in [5.74, 6) is 0.0301. The summed E-state index contributed by atoms with van der Waals surface area (Å²) in [7, 11) is 1.48. The number of ether oxygens (including phenoxy) is 1. The average Bonchev–Trinajstić information content (AvgIpc) is 2.96. The number of halogens is 1. The molecule has 5 aromatic rings. The largest absolute Gasteiger partial charge is 0.495 e. The van der Waals surface area contributed by atoms with Crippen molar-refractivity contribution >= 4 is 34.2 Å². The Kier molecular flexibility index (Phi) is 7.84. The Morgan fingerprint density at radius 2 is 1.65 bits per heavy atom. The number of rotatable bonds is 9. The van der Waals surface area contributed by atoms with Crippen LogP contribution in [0.4, 0.5) is 0 Å². The second kappa shape index (κ2) is 11.6. The molecule has 5 rings (SSSR count). The van der Waals surface area contributed by atoms with Crippen molar-refractivity contribution in [3.8, 4) is 16.9 Å². The molecule has 2 heterocycles. The van der Waals surface area contributed by atoms with E-state index >= 15 is 0 Å². The molecule has 2 aromatic heterocycles. The first kappa shape index (κ1) is 27.0. The van der Waals surface area contributed by atoms with Gasteiger partial charge in [0.25, 0.3) is 5.56 Å². The van der Waals surface area contributed by atoms with E-state index in [2.05, 4.69) is 9.97 Å². The first-order valence-corrected chi connectivity index (χ1v) is 13.1. The fourth-order valence-electron chi connectivity index (χ4n) is 4.83. The molecular formula is C32H26ClN3O4. The molecule has 8 heteroatoms. The van der Waals surface area contributed by atoms with Crippen LogP contribution in [0.25, 0.3) is 22.2 Å². The van der Waals surface area contributed by atoms with Crippen molar-refractivity contribution in [3.63, 3.8) is 0 Å². The van der Waals surface area contributed by atoms with Crippen LogP contribution in [0.2, 0.25) is 5.02 Å². The predicted octanol–water partition coefficient (Wildman–Crippen LogP) is 5.92. The monoisotopic (exact) mass is 551 g/mol. The molecular weight excluding hydrogens is 526 g/mol. The number of ketones is 2. The number of carbonyl (C=O) groups is 2. The highest BCUT2D eigenvalue weighted by Crippen LogP contribution is 2.34. The molecule has 0 spiro atoms. The number of hydrogen-bond donors (Lipinski definition) is 0. The van der Waals surface area contributed by atoms with E-state index in [1.54, 1.807) is 36.8 Å². The summed E-state index contributed by atoms with van der Waals surface area (Å²) in [6.07, 6.45) is 5.18. The fourth-order valence-corrected chi connectivity index (χ4v) is 5.01. The molecule has 0 saturated heterocycles. The molecule has 0 amide bonds. The highest BCUT2D eigenvalue weighted by Gasteiger charge is 2.25. The van der Waals surface area contributed by atoms with Gasteiger partial charge in [0.05, 0.1) is 30.4 Å². The van der Waals surface area contributed by atoms with Crippen molar-refractivity contribution < 1.29 is 14.3 Å². The zero-order valence-electron chi connectivity index (χ0n) is 22.0. The van der Waals surface area contributed by atoms with E-state index in [1.807, 2.05) is 48.5 Å². The van der Waals surface area contributed by atoms with Gasteiger partial charge in [0.2, 0.25) is 0 Å². The van der Waals surface area contributed by atoms with Gasteiger partial charge in [-0.3, -0.25) is 24.4 Å². The van der Waals surface area contributed by atoms with Crippen LogP contribution in [0.3, 0.4) is 0 Å². The van der Waals surface area contributed by atoms with E-state index in [9.17, 15) is 14.4 Å². The number of hydrogen-bond acceptors (Lipinski definition) is 6. The highest BCUT2D eigenvalue weighted by atomic mass is 35.5. The maximum Gasteiger partial charge on any atom is 0.252 e. The van der Waals surface area contributed by atoms with Gasteiger partial charge in [-0.2, -0.15) is 0 Å². The molecule has 1 atom stereocenters. The Morgan fingerprint density at radius 1 is 0.900 bits per heavy atom. The molecule has 3 aromatic carbocycles. The summed E-state index contributed by atoms with van der Waals surface area (Å²) in [6, 6.07) is 20.5. The van der Waals surface area contributed by atoms with Crippen molar-refractivity contribution in [2.75, 3.05) is 7.11 Å². The highest BCUT2D eigenvalue weighted by molar-refractivity contribution is 6.31. The van der Waals surface area contributed by atoms with Crippen LogP contribution in [-0.2, 0) is 17.6 Å². The smallest absolute Gasteiger partial charge is 0.252 e. The summed E-state index contributed by atoms with van der Waals surface area (Å²) < 4.78 is 7.09. The van der Waals surface area contributed by atoms with Gasteiger partial charge in [0.15, 0.2) is 11.6 Å². The number of pyridine rings is 1. The molecule has 40 heavy (non-hydrogen) atoms. The van der Waals surface area contributed by atoms with Crippen molar-refractivity contribution in [1.82, 2.24) is 14.5 Å². The third-order valence-electron chi connectivity index (χ3n) is 6.81. The SMILES string of the molecule is COc1cn(C(Cc2ccccc2)C(=O)Cc2ccc3nccnc3c2)c(=O)cc1-c1cc(Cl)ccc1C(C)=O. The van der Waals surface area contributed by atoms with Crippen molar-refractivity contribution in [2.24, 2.45) is 0 Å². The van der Waals surface area contributed by atoms with Crippen molar-refractivity contribution in [3.05, 3.63) is 123 Å². The summed E-state index contributed by atoms with van der Waals surface area (Å²) >= 11 is 6.25. The Bertz CT molecular complexity index is 1780. The minimum absolute atomic E-state index is 0.100. The van der Waals surface area contributed by atoms with Crippen LogP contribution in [0, 0.1) is 0 Å². The topological polar surface area (TPSA) is 91.2 Å². The Hall–Kier alpha value is -4.62. The molecule has 0 N–H and O–H groups in total. The lowest BCUT2D eigenvalue weighted by Gasteiger charge is -2.21. The van der Waals surface area contributed by atoms with Crippen LogP contribution in [0.1, 0.15) is 34.5 Å². The van der Waals surface area contributed by atoms with E-state index in [4.69, 9.17) is 16.3 Å². The Morgan fingerprint density at radius 3 is 2.38 bits per heavy atom. The van der Waals surface area contributed by atoms with Crippen LogP contribution >= 0.6 is 11.6 Å². The van der Waals surface area contributed by atoms with E-state index in [0.717, 1.165) is 16.6 Å². The number of methoxy groups -OCH3 is 1. The number of aromatic nitrogens is 3. The molecule has 0 bridgehead atoms. The van der Waals surface area contributed by atoms with Gasteiger partial charge >= 0.3 is 0 Å². The zero-order valence-corrected chi connectivity index (χ0v) is 22.8. The normalized spacial score (nSPS) is 11.8. The molecule has 0 radical (unpaired) electrons. The molecule has 0 saturated carbocycles. The maximum absolute atomic E-state index is 13.8. The quantitative estimate of drug-likeness (QED) is 0.211. The first-order valence-electron chi connectivity index (χ1n) is 12.7. The number of Topliss-reactive ketones (excluding diaryl/α,β-unsaturated/α-hetero) is 2. The van der Waals surface area contributed by atoms with Crippen LogP contribution in [0.15, 0.2) is 96.2 Å². The van der Waals surface area contributed by atoms with Crippen LogP contribution in [0.5, 0.6) is 5.75 Å². The third kappa shape index (κ3) is 5.70. The number of fused-ring (bicyclic) bond motifs is 1. The van der Waals surface area contributed by atoms with Crippen LogP contribution in [-0.4, -0.2) is 33.2 Å². The number of benzene rings is 3. The second-order valence-electron chi connectivity index (χ2n) is 9.48. The van der Waals surface area contributed by atoms with Gasteiger partial charge < -0.3 is 9.30 Å². The van der Waals surface area contributed by atoms with Gasteiger partial charge in [-0.1, -0.05) is 48.0 Å². The summed E-state index contributed by atoms with van der Waals surface area (Å²) in [4.78, 5) is 48.4. The first-order chi connectivity index (χ1) is 19.3. The van der Waals surface area contributed by atoms with Crippen molar-refractivity contribution in [1.29, 1.82) is 0 Å². The van der Waals surface area contributed by atoms with Gasteiger partial charge in [0, 0.05) is 47.5 Å². The van der Waals surface area contributed by atoms with Gasteiger partial charge in [0.1, 0.15) is 5.75 Å². The number of carbonyl (C=O) groups excluding carboxylic acids is 2. The lowest BCUT2D eigenvalue weighted by molar-refractivity contribution is -0.121. The third-order valence-corrected chi connectivity index (χ3v) is 7.04. The van der Waals surface area contributed by atoms with E-state index in [0.29, 0.717) is 39.4 Å². The average molecular weight is 552 g/mol. The summed E-state index contributed by atoms with van der Waals surface area (Å²) in [5.41, 5.74) is 4.05. The molecule has 1 unspecified atom stereocenters. The molecule has 7 nitrogen and oxygen atoms in total. The standard InChI is InChI=1S/C32H26ClN3O4/c1-20(37)24-10-9-23(33)17-25(24)26-18-32(39)36(19-31(26)40-2)29(15-21-6-4-3-5-7-21)30(38)16-22-8-11-27-28(14-22)35-13-12-34-27/h3-14,17-19,29H,15-16H2,1-2H3. The van der Waals surface area contributed by atoms with Gasteiger partial charge in [-0.15, -0.1) is 0 Å². The molecule has 0 aliphatic carbocycles. The lowest BCUT2D eigenvalue weighted by Crippen LogP contribution is -2.32. The minimum atomic E-state index is -0.804. The van der Waals surface area contributed by atoms with E-state index < -0.39 is 11.6 Å². The fraction of sp³-hybridized carbons (Fsp3) is 0.156. The van der Waals surface area contributed by atoms with Gasteiger partial charge in [-0.25, -0.2) is 0 Å². The zero-order chi connectivity index (χ0) is 28.2. The summed E-state index contributed by atoms with van der Waals surface area (Å²) in [5, 5.41) is 0.420. The molecule has 0 fully saturated rings. The second-order valence-corrected chi connectivity index (χ2v) is 9.91. The predicted molar refractivity (Wildman–Crippen MR) is 155 cm³/mol. The van der Waals surface area contributed by atoms with Gasteiger partial charge in [-0.05, 0) is 53.9 Å². The van der Waals surface area contributed by atoms with E-state index in [1.165, 1.54) is 24.7 Å². The Labute approximate surface area is 236 Å². The summed E-state index contributed by atoms with van der Waals surface area (Å²) in [6.45, 7) is 1.45. The molecule has 0 aliphatic rings. The lowest BCUT2D eigenvalue weighted by atomic mass is 9.95. The molecule has 0 aliphatic heterocycles. The van der Waals surface area contributed by atoms with Crippen LogP contribution < -0.4 is 10.3 Å². The Balaban J connectivity index is 1.58. The maximum atomic E-state index is 13.8. The minimum Gasteiger partial charge on any atom is -0.495 e. The number of nitrogens with zero attached hydrogens (tertiary/aromatic N) is 3. The molecule has 200 valence electrons.